The van der Waals surface area contributed by atoms with Gasteiger partial charge in [-0.1, -0.05) is 42.2 Å². The van der Waals surface area contributed by atoms with E-state index < -0.39 is 40.9 Å². The third kappa shape index (κ3) is 8.99. The number of rotatable bonds is 11. The molecule has 1 amide bonds. The first-order chi connectivity index (χ1) is 20.5. The summed E-state index contributed by atoms with van der Waals surface area (Å²) in [7, 11) is 0. The van der Waals surface area contributed by atoms with Crippen LogP contribution in [0.15, 0.2) is 60.7 Å². The minimum absolute atomic E-state index is 0.0275. The van der Waals surface area contributed by atoms with Gasteiger partial charge in [0.2, 0.25) is 11.4 Å². The van der Waals surface area contributed by atoms with Gasteiger partial charge in [-0.25, -0.2) is 18.4 Å². The molecule has 0 saturated heterocycles. The van der Waals surface area contributed by atoms with E-state index in [9.17, 15) is 23.2 Å². The van der Waals surface area contributed by atoms with Gasteiger partial charge in [-0.3, -0.25) is 4.79 Å². The SMILES string of the molecule is CCOC(=O)C(CCc1ccc(C#CC(Cc2ccc(C)c(C)c2)c2cc(F)cc(F)c2)cc1)(NC(C)=O)C(=O)OCC. The highest BCUT2D eigenvalue weighted by Crippen LogP contribution is 2.25. The van der Waals surface area contributed by atoms with Gasteiger partial charge in [0.15, 0.2) is 0 Å². The molecular weight excluding hydrogens is 552 g/mol. The van der Waals surface area contributed by atoms with Crippen LogP contribution in [-0.4, -0.2) is 36.6 Å². The van der Waals surface area contributed by atoms with Crippen molar-refractivity contribution in [2.24, 2.45) is 0 Å². The maximum absolute atomic E-state index is 14.1. The van der Waals surface area contributed by atoms with Crippen LogP contribution in [-0.2, 0) is 36.7 Å². The fourth-order valence-electron chi connectivity index (χ4n) is 4.71. The van der Waals surface area contributed by atoms with Gasteiger partial charge in [0, 0.05) is 24.5 Å². The van der Waals surface area contributed by atoms with Crippen LogP contribution < -0.4 is 5.32 Å². The molecule has 0 aromatic heterocycles. The first-order valence-electron chi connectivity index (χ1n) is 14.2. The van der Waals surface area contributed by atoms with Gasteiger partial charge in [-0.2, -0.15) is 0 Å². The molecule has 0 bridgehead atoms. The van der Waals surface area contributed by atoms with Crippen LogP contribution in [0, 0.1) is 37.3 Å². The Morgan fingerprint density at radius 1 is 0.837 bits per heavy atom. The summed E-state index contributed by atoms with van der Waals surface area (Å²) in [5.74, 6) is 2.21. The summed E-state index contributed by atoms with van der Waals surface area (Å²) in [4.78, 5) is 37.7. The maximum Gasteiger partial charge on any atom is 0.343 e. The first-order valence-corrected chi connectivity index (χ1v) is 14.2. The summed E-state index contributed by atoms with van der Waals surface area (Å²) in [5.41, 5.74) is 3.22. The molecule has 1 unspecified atom stereocenters. The topological polar surface area (TPSA) is 81.7 Å². The Hall–Kier alpha value is -4.51. The molecule has 0 radical (unpaired) electrons. The molecular formula is C35H37F2NO5. The molecule has 3 aromatic carbocycles. The van der Waals surface area contributed by atoms with E-state index in [1.165, 1.54) is 19.1 Å². The van der Waals surface area contributed by atoms with Crippen molar-refractivity contribution in [3.05, 3.63) is 106 Å². The van der Waals surface area contributed by atoms with E-state index in [1.54, 1.807) is 38.1 Å². The Bertz CT molecular complexity index is 1480. The van der Waals surface area contributed by atoms with Gasteiger partial charge in [0.25, 0.3) is 0 Å². The van der Waals surface area contributed by atoms with Gasteiger partial charge in [0.05, 0.1) is 13.2 Å². The number of aryl methyl sites for hydroxylation is 3. The van der Waals surface area contributed by atoms with Crippen molar-refractivity contribution >= 4 is 17.8 Å². The van der Waals surface area contributed by atoms with Crippen LogP contribution in [0.25, 0.3) is 0 Å². The number of esters is 2. The van der Waals surface area contributed by atoms with Crippen molar-refractivity contribution in [1.29, 1.82) is 0 Å². The molecule has 0 heterocycles. The first kappa shape index (κ1) is 33.0. The second-order valence-corrected chi connectivity index (χ2v) is 10.4. The minimum atomic E-state index is -1.97. The molecule has 0 aliphatic rings. The van der Waals surface area contributed by atoms with E-state index in [1.807, 2.05) is 26.0 Å². The zero-order valence-electron chi connectivity index (χ0n) is 25.2. The number of nitrogens with one attached hydrogen (secondary N) is 1. The average Bonchev–Trinajstić information content (AvgIpc) is 2.95. The normalized spacial score (nSPS) is 11.6. The molecule has 0 aliphatic carbocycles. The molecule has 3 aromatic rings. The predicted octanol–water partition coefficient (Wildman–Crippen LogP) is 5.89. The summed E-state index contributed by atoms with van der Waals surface area (Å²) < 4.78 is 38.4. The van der Waals surface area contributed by atoms with Gasteiger partial charge >= 0.3 is 11.9 Å². The predicted molar refractivity (Wildman–Crippen MR) is 160 cm³/mol. The highest BCUT2D eigenvalue weighted by atomic mass is 19.1. The van der Waals surface area contributed by atoms with Crippen LogP contribution in [0.4, 0.5) is 8.78 Å². The second-order valence-electron chi connectivity index (χ2n) is 10.4. The average molecular weight is 590 g/mol. The number of hydrogen-bond donors (Lipinski definition) is 1. The van der Waals surface area contributed by atoms with E-state index in [0.717, 1.165) is 28.3 Å². The number of benzene rings is 3. The maximum atomic E-state index is 14.1. The monoisotopic (exact) mass is 589 g/mol. The molecule has 0 saturated carbocycles. The summed E-state index contributed by atoms with van der Waals surface area (Å²) in [6.45, 7) is 8.53. The lowest BCUT2D eigenvalue weighted by Gasteiger charge is -2.29. The van der Waals surface area contributed by atoms with Crippen LogP contribution in [0.2, 0.25) is 0 Å². The van der Waals surface area contributed by atoms with Gasteiger partial charge < -0.3 is 14.8 Å². The van der Waals surface area contributed by atoms with E-state index in [-0.39, 0.29) is 26.1 Å². The zero-order chi connectivity index (χ0) is 31.6. The Balaban J connectivity index is 1.86. The standard InChI is InChI=1S/C35H37F2NO5/c1-6-42-33(40)35(38-25(5)39,34(41)43-7-2)17-16-27-12-10-26(11-13-27)14-15-29(30-20-31(36)22-32(37)21-30)19-28-9-8-23(3)24(4)18-28/h8-13,18,20-22,29H,6-7,16-17,19H2,1-5H3,(H,38,39). The summed E-state index contributed by atoms with van der Waals surface area (Å²) in [6.07, 6.45) is 0.657. The van der Waals surface area contributed by atoms with Crippen LogP contribution in [0.1, 0.15) is 66.5 Å². The van der Waals surface area contributed by atoms with Crippen molar-refractivity contribution < 1.29 is 32.6 Å². The van der Waals surface area contributed by atoms with Crippen LogP contribution in [0.3, 0.4) is 0 Å². The number of amides is 1. The number of halogens is 2. The van der Waals surface area contributed by atoms with Gasteiger partial charge in [-0.05, 0) is 99.0 Å². The number of carbonyl (C=O) groups is 3. The van der Waals surface area contributed by atoms with Gasteiger partial charge in [0.1, 0.15) is 11.6 Å². The quantitative estimate of drug-likeness (QED) is 0.171. The Labute approximate surface area is 251 Å². The lowest BCUT2D eigenvalue weighted by molar-refractivity contribution is -0.168. The molecule has 6 nitrogen and oxygen atoms in total. The fourth-order valence-corrected chi connectivity index (χ4v) is 4.71. The Morgan fingerprint density at radius 2 is 1.42 bits per heavy atom. The molecule has 43 heavy (non-hydrogen) atoms. The van der Waals surface area contributed by atoms with Crippen LogP contribution >= 0.6 is 0 Å². The lowest BCUT2D eigenvalue weighted by Crippen LogP contribution is -2.61. The zero-order valence-corrected chi connectivity index (χ0v) is 25.2. The molecule has 226 valence electrons. The number of hydrogen-bond acceptors (Lipinski definition) is 5. The molecule has 1 atom stereocenters. The number of carbonyl (C=O) groups excluding carboxylic acids is 3. The smallest absolute Gasteiger partial charge is 0.343 e. The molecule has 3 rings (SSSR count). The molecule has 8 heteroatoms. The van der Waals surface area contributed by atoms with E-state index in [2.05, 4.69) is 23.2 Å². The third-order valence-electron chi connectivity index (χ3n) is 7.07. The van der Waals surface area contributed by atoms with Crippen LogP contribution in [0.5, 0.6) is 0 Å². The Kier molecular flexibility index (Phi) is 11.6. The molecule has 0 fully saturated rings. The lowest BCUT2D eigenvalue weighted by atomic mass is 9.90. The second kappa shape index (κ2) is 15.1. The third-order valence-corrected chi connectivity index (χ3v) is 7.07. The summed E-state index contributed by atoms with van der Waals surface area (Å²) >= 11 is 0. The van der Waals surface area contributed by atoms with Crippen molar-refractivity contribution in [1.82, 2.24) is 5.32 Å². The highest BCUT2D eigenvalue weighted by molar-refractivity contribution is 6.07. The Morgan fingerprint density at radius 3 is 1.95 bits per heavy atom. The van der Waals surface area contributed by atoms with E-state index in [0.29, 0.717) is 17.5 Å². The van der Waals surface area contributed by atoms with Crippen molar-refractivity contribution in [3.8, 4) is 11.8 Å². The van der Waals surface area contributed by atoms with Gasteiger partial charge in [-0.15, -0.1) is 0 Å². The fraction of sp³-hybridized carbons (Fsp3) is 0.343. The molecule has 1 N–H and O–H groups in total. The van der Waals surface area contributed by atoms with E-state index >= 15 is 0 Å². The highest BCUT2D eigenvalue weighted by Gasteiger charge is 2.49. The minimum Gasteiger partial charge on any atom is -0.464 e. The van der Waals surface area contributed by atoms with Crippen molar-refractivity contribution in [3.63, 3.8) is 0 Å². The number of ether oxygens (including phenoxy) is 2. The van der Waals surface area contributed by atoms with E-state index in [4.69, 9.17) is 9.47 Å². The summed E-state index contributed by atoms with van der Waals surface area (Å²) in [6, 6.07) is 16.7. The summed E-state index contributed by atoms with van der Waals surface area (Å²) in [5, 5.41) is 2.46. The van der Waals surface area contributed by atoms with Crippen molar-refractivity contribution in [2.45, 2.75) is 65.3 Å². The molecule has 0 aliphatic heterocycles. The van der Waals surface area contributed by atoms with Crippen molar-refractivity contribution in [2.75, 3.05) is 13.2 Å². The molecule has 0 spiro atoms. The largest absolute Gasteiger partial charge is 0.464 e.